The first-order chi connectivity index (χ1) is 9.11. The van der Waals surface area contributed by atoms with Gasteiger partial charge in [0.05, 0.1) is 6.04 Å². The summed E-state index contributed by atoms with van der Waals surface area (Å²) in [5.41, 5.74) is 2.33. The summed E-state index contributed by atoms with van der Waals surface area (Å²) in [4.78, 5) is 23.0. The molecule has 0 saturated carbocycles. The number of carboxylic acid groups (broad SMARTS) is 1. The third-order valence-corrected chi connectivity index (χ3v) is 3.42. The lowest BCUT2D eigenvalue weighted by Gasteiger charge is -2.26. The molecule has 1 aliphatic heterocycles. The number of benzene rings is 1. The zero-order valence-electron chi connectivity index (χ0n) is 10.8. The van der Waals surface area contributed by atoms with Gasteiger partial charge in [-0.25, -0.2) is 4.79 Å². The van der Waals surface area contributed by atoms with Crippen molar-refractivity contribution in [1.82, 2.24) is 10.6 Å². The van der Waals surface area contributed by atoms with Crippen molar-refractivity contribution < 1.29 is 14.7 Å². The molecule has 3 N–H and O–H groups in total. The van der Waals surface area contributed by atoms with Crippen LogP contribution in [0.3, 0.4) is 0 Å². The van der Waals surface area contributed by atoms with Gasteiger partial charge < -0.3 is 15.7 Å². The maximum absolute atomic E-state index is 12.0. The number of rotatable bonds is 4. The number of aliphatic carboxylic acids is 1. The zero-order chi connectivity index (χ0) is 13.8. The fraction of sp³-hybridized carbons (Fsp3) is 0.429. The molecule has 0 spiro atoms. The number of carbonyl (C=O) groups is 2. The van der Waals surface area contributed by atoms with Crippen molar-refractivity contribution in [3.05, 3.63) is 35.4 Å². The normalized spacial score (nSPS) is 19.3. The summed E-state index contributed by atoms with van der Waals surface area (Å²) in [7, 11) is 0. The fourth-order valence-corrected chi connectivity index (χ4v) is 2.25. The molecule has 0 bridgehead atoms. The Kier molecular flexibility index (Phi) is 4.16. The molecule has 0 aromatic heterocycles. The van der Waals surface area contributed by atoms with E-state index in [1.165, 1.54) is 5.56 Å². The third kappa shape index (κ3) is 3.12. The highest BCUT2D eigenvalue weighted by Crippen LogP contribution is 2.16. The summed E-state index contributed by atoms with van der Waals surface area (Å²) in [5, 5.41) is 14.6. The third-order valence-electron chi connectivity index (χ3n) is 3.42. The largest absolute Gasteiger partial charge is 0.480 e. The second kappa shape index (κ2) is 5.84. The Morgan fingerprint density at radius 1 is 1.42 bits per heavy atom. The van der Waals surface area contributed by atoms with Crippen LogP contribution in [0, 0.1) is 0 Å². The summed E-state index contributed by atoms with van der Waals surface area (Å²) in [6.07, 6.45) is 0.975. The summed E-state index contributed by atoms with van der Waals surface area (Å²) >= 11 is 0. The highest BCUT2D eigenvalue weighted by atomic mass is 16.4. The lowest BCUT2D eigenvalue weighted by Crippen LogP contribution is -2.52. The molecule has 102 valence electrons. The predicted octanol–water partition coefficient (Wildman–Crippen LogP) is 0.680. The van der Waals surface area contributed by atoms with Gasteiger partial charge in [0.1, 0.15) is 6.04 Å². The second-order valence-electron chi connectivity index (χ2n) is 4.71. The van der Waals surface area contributed by atoms with Crippen molar-refractivity contribution in [3.63, 3.8) is 0 Å². The van der Waals surface area contributed by atoms with Crippen LogP contribution in [0.2, 0.25) is 0 Å². The topological polar surface area (TPSA) is 78.4 Å². The van der Waals surface area contributed by atoms with E-state index in [1.807, 2.05) is 24.3 Å². The molecule has 0 radical (unpaired) electrons. The molecule has 0 aliphatic carbocycles. The number of amides is 1. The lowest BCUT2D eigenvalue weighted by molar-refractivity contribution is -0.142. The van der Waals surface area contributed by atoms with E-state index in [0.29, 0.717) is 19.4 Å². The van der Waals surface area contributed by atoms with Crippen molar-refractivity contribution >= 4 is 11.9 Å². The van der Waals surface area contributed by atoms with Gasteiger partial charge in [0.2, 0.25) is 5.91 Å². The maximum Gasteiger partial charge on any atom is 0.326 e. The number of hydrogen-bond donors (Lipinski definition) is 3. The summed E-state index contributed by atoms with van der Waals surface area (Å²) < 4.78 is 0. The zero-order valence-corrected chi connectivity index (χ0v) is 10.8. The van der Waals surface area contributed by atoms with Crippen molar-refractivity contribution in [2.24, 2.45) is 0 Å². The number of hydrogen-bond acceptors (Lipinski definition) is 3. The van der Waals surface area contributed by atoms with Gasteiger partial charge >= 0.3 is 5.97 Å². The van der Waals surface area contributed by atoms with Crippen LogP contribution in [0.4, 0.5) is 0 Å². The van der Waals surface area contributed by atoms with Gasteiger partial charge in [-0.1, -0.05) is 31.2 Å². The van der Waals surface area contributed by atoms with Crippen LogP contribution >= 0.6 is 0 Å². The standard InChI is InChI=1S/C14H18N2O3/c1-2-11(14(18)19)16-13(17)12-7-9-5-3-4-6-10(9)8-15-12/h3-6,11-12,15H,2,7-8H2,1H3,(H,16,17)(H,18,19)/t11-,12-/m0/s1. The minimum absolute atomic E-state index is 0.247. The molecule has 1 aromatic rings. The van der Waals surface area contributed by atoms with Crippen LogP contribution in [0.25, 0.3) is 0 Å². The summed E-state index contributed by atoms with van der Waals surface area (Å²) in [6.45, 7) is 2.38. The minimum atomic E-state index is -0.993. The lowest BCUT2D eigenvalue weighted by atomic mass is 9.95. The van der Waals surface area contributed by atoms with Gasteiger partial charge in [0, 0.05) is 6.54 Å². The first-order valence-corrected chi connectivity index (χ1v) is 6.45. The van der Waals surface area contributed by atoms with E-state index in [-0.39, 0.29) is 11.9 Å². The fourth-order valence-electron chi connectivity index (χ4n) is 2.25. The van der Waals surface area contributed by atoms with Gasteiger partial charge in [0.15, 0.2) is 0 Å². The van der Waals surface area contributed by atoms with Crippen LogP contribution in [0.1, 0.15) is 24.5 Å². The van der Waals surface area contributed by atoms with Crippen LogP contribution in [-0.4, -0.2) is 29.1 Å². The van der Waals surface area contributed by atoms with E-state index in [2.05, 4.69) is 10.6 Å². The quantitative estimate of drug-likeness (QED) is 0.745. The first-order valence-electron chi connectivity index (χ1n) is 6.45. The SMILES string of the molecule is CC[C@H](NC(=O)[C@@H]1Cc2ccccc2CN1)C(=O)O. The number of fused-ring (bicyclic) bond motifs is 1. The van der Waals surface area contributed by atoms with E-state index in [4.69, 9.17) is 5.11 Å². The van der Waals surface area contributed by atoms with Crippen molar-refractivity contribution in [2.45, 2.75) is 38.4 Å². The predicted molar refractivity (Wildman–Crippen MR) is 70.6 cm³/mol. The molecule has 5 heteroatoms. The van der Waals surface area contributed by atoms with Gasteiger partial charge in [-0.2, -0.15) is 0 Å². The van der Waals surface area contributed by atoms with Gasteiger partial charge in [-0.15, -0.1) is 0 Å². The number of carbonyl (C=O) groups excluding carboxylic acids is 1. The smallest absolute Gasteiger partial charge is 0.326 e. The molecule has 5 nitrogen and oxygen atoms in total. The molecular formula is C14H18N2O3. The molecule has 1 amide bonds. The average molecular weight is 262 g/mol. The molecule has 2 atom stereocenters. The molecule has 0 saturated heterocycles. The van der Waals surface area contributed by atoms with E-state index in [1.54, 1.807) is 6.92 Å². The molecule has 0 fully saturated rings. The van der Waals surface area contributed by atoms with E-state index >= 15 is 0 Å². The second-order valence-corrected chi connectivity index (χ2v) is 4.71. The Labute approximate surface area is 112 Å². The maximum atomic E-state index is 12.0. The number of nitrogens with one attached hydrogen (secondary N) is 2. The molecule has 0 unspecified atom stereocenters. The van der Waals surface area contributed by atoms with Crippen LogP contribution in [0.15, 0.2) is 24.3 Å². The Bertz CT molecular complexity index is 487. The molecule has 1 aliphatic rings. The van der Waals surface area contributed by atoms with Crippen LogP contribution in [0.5, 0.6) is 0 Å². The summed E-state index contributed by atoms with van der Waals surface area (Å²) in [5.74, 6) is -1.24. The van der Waals surface area contributed by atoms with Crippen molar-refractivity contribution in [3.8, 4) is 0 Å². The Morgan fingerprint density at radius 2 is 2.11 bits per heavy atom. The van der Waals surface area contributed by atoms with Gasteiger partial charge in [-0.05, 0) is 24.0 Å². The average Bonchev–Trinajstić information content (AvgIpc) is 2.43. The van der Waals surface area contributed by atoms with E-state index in [9.17, 15) is 9.59 Å². The number of carboxylic acids is 1. The van der Waals surface area contributed by atoms with E-state index < -0.39 is 12.0 Å². The molecular weight excluding hydrogens is 244 g/mol. The van der Waals surface area contributed by atoms with Crippen LogP contribution in [-0.2, 0) is 22.6 Å². The molecule has 1 aromatic carbocycles. The van der Waals surface area contributed by atoms with Crippen molar-refractivity contribution in [2.75, 3.05) is 0 Å². The Hall–Kier alpha value is -1.88. The summed E-state index contributed by atoms with van der Waals surface area (Å²) in [6, 6.07) is 6.78. The molecule has 2 rings (SSSR count). The van der Waals surface area contributed by atoms with Crippen molar-refractivity contribution in [1.29, 1.82) is 0 Å². The Balaban J connectivity index is 2.01. The minimum Gasteiger partial charge on any atom is -0.480 e. The monoisotopic (exact) mass is 262 g/mol. The highest BCUT2D eigenvalue weighted by Gasteiger charge is 2.27. The van der Waals surface area contributed by atoms with Crippen LogP contribution < -0.4 is 10.6 Å². The first kappa shape index (κ1) is 13.5. The molecule has 19 heavy (non-hydrogen) atoms. The van der Waals surface area contributed by atoms with E-state index in [0.717, 1.165) is 5.56 Å². The Morgan fingerprint density at radius 3 is 2.74 bits per heavy atom. The van der Waals surface area contributed by atoms with Gasteiger partial charge in [0.25, 0.3) is 0 Å². The highest BCUT2D eigenvalue weighted by molar-refractivity contribution is 5.87. The van der Waals surface area contributed by atoms with Gasteiger partial charge in [-0.3, -0.25) is 4.79 Å². The molecule has 1 heterocycles.